The lowest BCUT2D eigenvalue weighted by atomic mass is 9.83. The highest BCUT2D eigenvalue weighted by molar-refractivity contribution is 9.09. The minimum Gasteiger partial charge on any atom is -0.273 e. The molecular weight excluding hydrogens is 252 g/mol. The van der Waals surface area contributed by atoms with Gasteiger partial charge in [-0.3, -0.25) is 4.68 Å². The summed E-state index contributed by atoms with van der Waals surface area (Å²) in [6, 6.07) is 0. The second-order valence-electron chi connectivity index (χ2n) is 5.03. The van der Waals surface area contributed by atoms with Crippen LogP contribution in [0.15, 0.2) is 12.4 Å². The van der Waals surface area contributed by atoms with Gasteiger partial charge < -0.3 is 0 Å². The standard InChI is InChI=1S/C12H19BrN2/c1-3-15-9-10(8-14-15)6-12(2)5-4-11(13)7-12/h8-9,11H,3-7H2,1-2H3. The Morgan fingerprint density at radius 2 is 2.47 bits per heavy atom. The van der Waals surface area contributed by atoms with E-state index in [0.717, 1.165) is 11.4 Å². The molecule has 1 aromatic heterocycles. The minimum atomic E-state index is 0.482. The summed E-state index contributed by atoms with van der Waals surface area (Å²) in [7, 11) is 0. The molecule has 1 aliphatic rings. The first-order valence-electron chi connectivity index (χ1n) is 5.77. The number of halogens is 1. The second kappa shape index (κ2) is 4.28. The Hall–Kier alpha value is -0.310. The van der Waals surface area contributed by atoms with Crippen LogP contribution < -0.4 is 0 Å². The molecule has 0 amide bonds. The van der Waals surface area contributed by atoms with Crippen LogP contribution >= 0.6 is 15.9 Å². The number of hydrogen-bond acceptors (Lipinski definition) is 1. The van der Waals surface area contributed by atoms with Gasteiger partial charge in [-0.15, -0.1) is 0 Å². The van der Waals surface area contributed by atoms with Crippen LogP contribution in [-0.4, -0.2) is 14.6 Å². The Morgan fingerprint density at radius 3 is 3.00 bits per heavy atom. The van der Waals surface area contributed by atoms with Crippen molar-refractivity contribution in [1.29, 1.82) is 0 Å². The maximum atomic E-state index is 4.33. The SMILES string of the molecule is CCn1cc(CC2(C)CCC(Br)C2)cn1. The molecule has 0 spiro atoms. The van der Waals surface area contributed by atoms with Gasteiger partial charge >= 0.3 is 0 Å². The van der Waals surface area contributed by atoms with E-state index in [9.17, 15) is 0 Å². The van der Waals surface area contributed by atoms with Crippen LogP contribution in [0, 0.1) is 5.41 Å². The Morgan fingerprint density at radius 1 is 1.67 bits per heavy atom. The van der Waals surface area contributed by atoms with Crippen molar-refractivity contribution in [2.75, 3.05) is 0 Å². The molecule has 84 valence electrons. The molecule has 1 saturated carbocycles. The lowest BCUT2D eigenvalue weighted by Gasteiger charge is -2.22. The van der Waals surface area contributed by atoms with Gasteiger partial charge in [-0.25, -0.2) is 0 Å². The molecule has 0 aromatic carbocycles. The van der Waals surface area contributed by atoms with Crippen LogP contribution in [0.5, 0.6) is 0 Å². The third-order valence-electron chi connectivity index (χ3n) is 3.42. The van der Waals surface area contributed by atoms with Gasteiger partial charge in [-0.2, -0.15) is 5.10 Å². The predicted octanol–water partition coefficient (Wildman–Crippen LogP) is 3.40. The Kier molecular flexibility index (Phi) is 3.19. The third kappa shape index (κ3) is 2.63. The molecule has 1 aliphatic carbocycles. The molecule has 2 unspecified atom stereocenters. The van der Waals surface area contributed by atoms with Gasteiger partial charge in [-0.1, -0.05) is 22.9 Å². The zero-order valence-corrected chi connectivity index (χ0v) is 11.1. The molecule has 0 bridgehead atoms. The van der Waals surface area contributed by atoms with Gasteiger partial charge in [0, 0.05) is 17.6 Å². The van der Waals surface area contributed by atoms with Gasteiger partial charge in [0.25, 0.3) is 0 Å². The van der Waals surface area contributed by atoms with Crippen molar-refractivity contribution < 1.29 is 0 Å². The van der Waals surface area contributed by atoms with E-state index in [0.29, 0.717) is 5.41 Å². The van der Waals surface area contributed by atoms with Crippen molar-refractivity contribution in [2.24, 2.45) is 5.41 Å². The Balaban J connectivity index is 2.02. The summed E-state index contributed by atoms with van der Waals surface area (Å²) in [5.74, 6) is 0. The van der Waals surface area contributed by atoms with Crippen molar-refractivity contribution in [3.05, 3.63) is 18.0 Å². The van der Waals surface area contributed by atoms with Gasteiger partial charge in [0.05, 0.1) is 6.20 Å². The number of rotatable bonds is 3. The van der Waals surface area contributed by atoms with Crippen LogP contribution in [0.1, 0.15) is 38.7 Å². The monoisotopic (exact) mass is 270 g/mol. The molecule has 0 aliphatic heterocycles. The van der Waals surface area contributed by atoms with E-state index in [1.807, 2.05) is 10.9 Å². The molecule has 1 heterocycles. The molecule has 1 aromatic rings. The minimum absolute atomic E-state index is 0.482. The van der Waals surface area contributed by atoms with E-state index >= 15 is 0 Å². The molecule has 0 radical (unpaired) electrons. The fraction of sp³-hybridized carbons (Fsp3) is 0.750. The number of aromatic nitrogens is 2. The lowest BCUT2D eigenvalue weighted by Crippen LogP contribution is -2.15. The van der Waals surface area contributed by atoms with E-state index in [4.69, 9.17) is 0 Å². The summed E-state index contributed by atoms with van der Waals surface area (Å²) < 4.78 is 2.01. The average Bonchev–Trinajstić information content (AvgIpc) is 2.74. The van der Waals surface area contributed by atoms with Gasteiger partial charge in [0.1, 0.15) is 0 Å². The topological polar surface area (TPSA) is 17.8 Å². The number of nitrogens with zero attached hydrogens (tertiary/aromatic N) is 2. The summed E-state index contributed by atoms with van der Waals surface area (Å²) in [5.41, 5.74) is 1.87. The first-order valence-corrected chi connectivity index (χ1v) is 6.68. The van der Waals surface area contributed by atoms with Crippen molar-refractivity contribution in [3.63, 3.8) is 0 Å². The summed E-state index contributed by atoms with van der Waals surface area (Å²) >= 11 is 3.73. The van der Waals surface area contributed by atoms with Crippen LogP contribution in [0.25, 0.3) is 0 Å². The van der Waals surface area contributed by atoms with Crippen molar-refractivity contribution >= 4 is 15.9 Å². The quantitative estimate of drug-likeness (QED) is 0.770. The maximum absolute atomic E-state index is 4.33. The van der Waals surface area contributed by atoms with Crippen LogP contribution in [0.2, 0.25) is 0 Å². The average molecular weight is 271 g/mol. The maximum Gasteiger partial charge on any atom is 0.0521 e. The summed E-state index contributed by atoms with van der Waals surface area (Å²) in [5, 5.41) is 4.33. The molecular formula is C12H19BrN2. The van der Waals surface area contributed by atoms with E-state index in [2.05, 4.69) is 41.1 Å². The highest BCUT2D eigenvalue weighted by Gasteiger charge is 2.34. The van der Waals surface area contributed by atoms with Crippen molar-refractivity contribution in [1.82, 2.24) is 9.78 Å². The first kappa shape index (κ1) is 11.2. The summed E-state index contributed by atoms with van der Waals surface area (Å²) in [4.78, 5) is 0.726. The molecule has 1 fully saturated rings. The van der Waals surface area contributed by atoms with E-state index < -0.39 is 0 Å². The second-order valence-corrected chi connectivity index (χ2v) is 6.33. The number of aryl methyl sites for hydroxylation is 1. The van der Waals surface area contributed by atoms with Gasteiger partial charge in [0.15, 0.2) is 0 Å². The fourth-order valence-corrected chi connectivity index (χ4v) is 3.58. The van der Waals surface area contributed by atoms with Gasteiger partial charge in [-0.05, 0) is 43.6 Å². The Bertz CT molecular complexity index is 334. The number of alkyl halides is 1. The first-order chi connectivity index (χ1) is 7.11. The molecule has 0 saturated heterocycles. The fourth-order valence-electron chi connectivity index (χ4n) is 2.57. The predicted molar refractivity (Wildman–Crippen MR) is 66.3 cm³/mol. The van der Waals surface area contributed by atoms with Crippen molar-refractivity contribution in [3.8, 4) is 0 Å². The van der Waals surface area contributed by atoms with Crippen LogP contribution in [0.4, 0.5) is 0 Å². The van der Waals surface area contributed by atoms with E-state index in [1.54, 1.807) is 0 Å². The van der Waals surface area contributed by atoms with Crippen LogP contribution in [-0.2, 0) is 13.0 Å². The summed E-state index contributed by atoms with van der Waals surface area (Å²) in [6.07, 6.45) is 9.33. The third-order valence-corrected chi connectivity index (χ3v) is 4.20. The highest BCUT2D eigenvalue weighted by Crippen LogP contribution is 2.43. The molecule has 15 heavy (non-hydrogen) atoms. The van der Waals surface area contributed by atoms with Gasteiger partial charge in [0.2, 0.25) is 0 Å². The molecule has 2 atom stereocenters. The Labute approximate surface area is 100 Å². The van der Waals surface area contributed by atoms with Crippen LogP contribution in [0.3, 0.4) is 0 Å². The zero-order valence-electron chi connectivity index (χ0n) is 9.54. The largest absolute Gasteiger partial charge is 0.273 e. The van der Waals surface area contributed by atoms with E-state index in [-0.39, 0.29) is 0 Å². The van der Waals surface area contributed by atoms with E-state index in [1.165, 1.54) is 31.2 Å². The highest BCUT2D eigenvalue weighted by atomic mass is 79.9. The molecule has 2 rings (SSSR count). The molecule has 2 nitrogen and oxygen atoms in total. The normalized spacial score (nSPS) is 31.0. The summed E-state index contributed by atoms with van der Waals surface area (Å²) in [6.45, 7) is 5.50. The lowest BCUT2D eigenvalue weighted by molar-refractivity contribution is 0.336. The zero-order chi connectivity index (χ0) is 10.9. The molecule has 0 N–H and O–H groups in total. The van der Waals surface area contributed by atoms with Crippen molar-refractivity contribution in [2.45, 2.75) is 50.9 Å². The number of hydrogen-bond donors (Lipinski definition) is 0. The molecule has 3 heteroatoms. The smallest absolute Gasteiger partial charge is 0.0521 e.